The Morgan fingerprint density at radius 1 is 0.296 bits per heavy atom. The molecule has 0 fully saturated rings. The van der Waals surface area contributed by atoms with Crippen LogP contribution < -0.4 is 0 Å². The van der Waals surface area contributed by atoms with Gasteiger partial charge in [0.2, 0.25) is 0 Å². The molecule has 0 aliphatic carbocycles. The molecule has 0 saturated carbocycles. The molecule has 27 heavy (non-hydrogen) atoms. The summed E-state index contributed by atoms with van der Waals surface area (Å²) in [7, 11) is 0. The van der Waals surface area contributed by atoms with Crippen molar-refractivity contribution in [3.8, 4) is 0 Å². The van der Waals surface area contributed by atoms with Gasteiger partial charge in [-0.05, 0) is 0 Å². The Morgan fingerprint density at radius 2 is 0.296 bits per heavy atom. The van der Waals surface area contributed by atoms with Gasteiger partial charge in [-0.25, -0.2) is 0 Å². The first-order chi connectivity index (χ1) is 12.0. The normalized spacial score (nSPS) is 1.04. The van der Waals surface area contributed by atoms with E-state index in [4.69, 9.17) is 56.1 Å². The van der Waals surface area contributed by atoms with E-state index in [1.165, 1.54) is 0 Å². The molecule has 0 spiro atoms. The van der Waals surface area contributed by atoms with Crippen LogP contribution in [0.25, 0.3) is 0 Å². The third-order valence-electron chi connectivity index (χ3n) is 0. The fourth-order valence-electron chi connectivity index (χ4n) is 0. The topological polar surface area (TPSA) is 233 Å². The van der Waals surface area contributed by atoms with Crippen molar-refractivity contribution in [1.29, 1.82) is 0 Å². The molecule has 0 bridgehead atoms. The van der Waals surface area contributed by atoms with Crippen molar-refractivity contribution >= 4 is 13.6 Å². The molecule has 0 aromatic carbocycles. The van der Waals surface area contributed by atoms with E-state index in [0.29, 0.717) is 0 Å². The van der Waals surface area contributed by atoms with Gasteiger partial charge in [-0.2, -0.15) is 0 Å². The molecule has 12 nitrogen and oxygen atoms in total. The predicted octanol–water partition coefficient (Wildman–Crippen LogP) is -0.931. The minimum Gasteiger partial charge on any atom is -0.545 e. The molecule has 0 amide bonds. The van der Waals surface area contributed by atoms with E-state index >= 15 is 0 Å². The van der Waals surface area contributed by atoms with Crippen molar-refractivity contribution in [2.45, 2.75) is 0 Å². The molecule has 0 N–H and O–H groups in total. The van der Waals surface area contributed by atoms with Crippen LogP contribution in [0.1, 0.15) is 0 Å². The fraction of sp³-hybridized carbons (Fsp3) is 0. The Bertz CT molecular complexity index is 208. The third kappa shape index (κ3) is 4170. The molecule has 0 atom stereocenters. The quantitative estimate of drug-likeness (QED) is 0.175. The first kappa shape index (κ1) is 141. The van der Waals surface area contributed by atoms with Gasteiger partial charge in [0.25, 0.3) is 0 Å². The van der Waals surface area contributed by atoms with Gasteiger partial charge in [0.15, 0.2) is 0 Å². The molecule has 146 valence electrons. The van der Waals surface area contributed by atoms with E-state index in [9.17, 15) is 0 Å². The smallest absolute Gasteiger partial charge is 0.545 e. The van der Waals surface area contributed by atoms with E-state index in [0.717, 1.165) is 0 Å². The molecule has 0 radical (unpaired) electrons. The average Bonchev–Trinajstić information content (AvgIpc) is 2.84. The van der Waals surface area contributed by atoms with E-state index in [-0.39, 0.29) is 51.2 Å². The first-order valence-corrected chi connectivity index (χ1v) is 2.51. The third-order valence-corrected chi connectivity index (χ3v) is 0. The second-order valence-electron chi connectivity index (χ2n) is 0. The molecular formula is C12H2Fe3O12. The zero-order valence-corrected chi connectivity index (χ0v) is 15.4. The van der Waals surface area contributed by atoms with E-state index in [1.54, 1.807) is 0 Å². The van der Waals surface area contributed by atoms with Crippen molar-refractivity contribution in [2.75, 3.05) is 0 Å². The molecule has 0 aromatic heterocycles. The maximum Gasteiger partial charge on any atom is 2.00 e. The largest absolute Gasteiger partial charge is 2.00 e. The fourth-order valence-corrected chi connectivity index (χ4v) is 0. The summed E-state index contributed by atoms with van der Waals surface area (Å²) in [5.74, 6) is 0. The molecular weight excluding hydrogens is 504 g/mol. The van der Waals surface area contributed by atoms with Crippen LogP contribution in [0.3, 0.4) is 0 Å². The first-order valence-electron chi connectivity index (χ1n) is 2.51. The second-order valence-corrected chi connectivity index (χ2v) is 0. The zero-order valence-electron chi connectivity index (χ0n) is 12.1. The molecule has 15 heteroatoms. The SMILES string of the molecule is [C-]#[O+].[C-]#[O+].[C-]#[O+].[C-]#[O+].[C-]#[O+].[C-]#[O+].[C-]#[O+].[C-]#[O+].[C-]#[O+].[C-]#[O+].[CH-]=O.[CH-]=O.[Fe+2].[Fe].[Fe]. The Kier molecular flexibility index (Phi) is 23800. The van der Waals surface area contributed by atoms with E-state index in [2.05, 4.69) is 80.1 Å². The Morgan fingerprint density at radius 3 is 0.296 bits per heavy atom. The van der Waals surface area contributed by atoms with Crippen LogP contribution in [-0.4, -0.2) is 13.6 Å². The Labute approximate surface area is 187 Å². The summed E-state index contributed by atoms with van der Waals surface area (Å²) in [6, 6.07) is 0. The summed E-state index contributed by atoms with van der Waals surface area (Å²) >= 11 is 0. The Balaban J connectivity index is -0.00000000443. The van der Waals surface area contributed by atoms with Gasteiger partial charge in [0.05, 0.1) is 0 Å². The monoisotopic (exact) mass is 506 g/mol. The van der Waals surface area contributed by atoms with Crippen molar-refractivity contribution in [2.24, 2.45) is 0 Å². The second kappa shape index (κ2) is 4560. The van der Waals surface area contributed by atoms with Gasteiger partial charge in [0.1, 0.15) is 0 Å². The summed E-state index contributed by atoms with van der Waals surface area (Å²) in [4.78, 5) is 15.5. The van der Waals surface area contributed by atoms with Crippen LogP contribution in [0.2, 0.25) is 0 Å². The summed E-state index contributed by atoms with van der Waals surface area (Å²) in [5, 5.41) is 0. The van der Waals surface area contributed by atoms with Crippen LogP contribution in [-0.2, 0) is 107 Å². The minimum absolute atomic E-state index is 0. The van der Waals surface area contributed by atoms with Crippen molar-refractivity contribution in [3.63, 3.8) is 0 Å². The molecule has 0 aromatic rings. The van der Waals surface area contributed by atoms with Crippen LogP contribution in [0.15, 0.2) is 0 Å². The summed E-state index contributed by atoms with van der Waals surface area (Å²) in [5.41, 5.74) is 0. The van der Waals surface area contributed by atoms with E-state index < -0.39 is 0 Å². The maximum atomic E-state index is 7.75. The van der Waals surface area contributed by atoms with Gasteiger partial charge in [-0.15, -0.1) is 0 Å². The van der Waals surface area contributed by atoms with Crippen molar-refractivity contribution < 1.29 is 107 Å². The van der Waals surface area contributed by atoms with Crippen molar-refractivity contribution in [1.82, 2.24) is 0 Å². The van der Waals surface area contributed by atoms with Crippen molar-refractivity contribution in [3.05, 3.63) is 66.5 Å². The Hall–Kier alpha value is -1.70. The number of carbonyl (C=O) groups excluding carboxylic acids is 2. The van der Waals surface area contributed by atoms with Gasteiger partial charge in [0, 0.05) is 34.1 Å². The number of rotatable bonds is 0. The maximum absolute atomic E-state index is 7.75. The molecule has 0 heterocycles. The molecule has 0 saturated heterocycles. The average molecular weight is 506 g/mol. The standard InChI is InChI=1S/2CHO.10CO.3Fe/c12*1-2;;;/h2*1H;;;;;;;;;;;;;/q2*-1;;;;;;;;;;;;;+2. The summed E-state index contributed by atoms with van der Waals surface area (Å²) in [6.07, 6.45) is 0. The van der Waals surface area contributed by atoms with Gasteiger partial charge < -0.3 is 9.59 Å². The van der Waals surface area contributed by atoms with Gasteiger partial charge >= 0.3 is 130 Å². The van der Waals surface area contributed by atoms with Gasteiger partial charge in [-0.1, -0.05) is 0 Å². The summed E-state index contributed by atoms with van der Waals surface area (Å²) < 4.78 is 75.0. The summed E-state index contributed by atoms with van der Waals surface area (Å²) in [6.45, 7) is 51.5. The number of hydrogen-bond donors (Lipinski definition) is 0. The molecule has 0 unspecified atom stereocenters. The molecule has 0 aliphatic rings. The van der Waals surface area contributed by atoms with Crippen LogP contribution in [0.5, 0.6) is 0 Å². The van der Waals surface area contributed by atoms with E-state index in [1.807, 2.05) is 0 Å². The number of hydrogen-bond acceptors (Lipinski definition) is 2. The molecule has 0 aliphatic heterocycles. The zero-order chi connectivity index (χ0) is 24.0. The van der Waals surface area contributed by atoms with Gasteiger partial charge in [-0.3, -0.25) is 13.6 Å². The molecule has 0 rings (SSSR count). The minimum atomic E-state index is 0. The predicted molar refractivity (Wildman–Crippen MR) is 52.8 cm³/mol. The van der Waals surface area contributed by atoms with Crippen LogP contribution in [0.4, 0.5) is 0 Å². The van der Waals surface area contributed by atoms with Crippen LogP contribution in [0, 0.1) is 66.5 Å². The van der Waals surface area contributed by atoms with Crippen LogP contribution >= 0.6 is 0 Å².